The van der Waals surface area contributed by atoms with Crippen LogP contribution in [0.25, 0.3) is 11.0 Å². The van der Waals surface area contributed by atoms with Gasteiger partial charge in [-0.25, -0.2) is 28.7 Å². The second-order valence-electron chi connectivity index (χ2n) is 9.69. The molecular weight excluding hydrogens is 522 g/mol. The number of nitrogens with one attached hydrogen (secondary N) is 1. The van der Waals surface area contributed by atoms with Crippen molar-refractivity contribution in [2.24, 2.45) is 0 Å². The van der Waals surface area contributed by atoms with Gasteiger partial charge in [0.05, 0.1) is 17.0 Å². The van der Waals surface area contributed by atoms with E-state index in [-0.39, 0.29) is 34.4 Å². The number of amides is 1. The Bertz CT molecular complexity index is 1500. The molecule has 2 fully saturated rings. The summed E-state index contributed by atoms with van der Waals surface area (Å²) in [5.74, 6) is 1.07. The number of halogens is 2. The van der Waals surface area contributed by atoms with Gasteiger partial charge in [0.15, 0.2) is 5.82 Å². The zero-order valence-electron chi connectivity index (χ0n) is 21.5. The molecular formula is C27H28F2N8OS. The van der Waals surface area contributed by atoms with Crippen LogP contribution in [0.1, 0.15) is 41.7 Å². The molecule has 3 aromatic heterocycles. The van der Waals surface area contributed by atoms with Crippen molar-refractivity contribution in [3.8, 4) is 0 Å². The van der Waals surface area contributed by atoms with E-state index in [1.807, 2.05) is 17.0 Å². The van der Waals surface area contributed by atoms with Crippen LogP contribution in [0.5, 0.6) is 0 Å². The molecule has 9 nitrogen and oxygen atoms in total. The molecule has 0 atom stereocenters. The van der Waals surface area contributed by atoms with Gasteiger partial charge in [0.2, 0.25) is 5.95 Å². The molecule has 0 spiro atoms. The van der Waals surface area contributed by atoms with Crippen LogP contribution in [0.4, 0.5) is 26.2 Å². The Morgan fingerprint density at radius 3 is 2.56 bits per heavy atom. The Balaban J connectivity index is 1.20. The van der Waals surface area contributed by atoms with Crippen molar-refractivity contribution in [2.75, 3.05) is 41.5 Å². The average molecular weight is 551 g/mol. The van der Waals surface area contributed by atoms with E-state index in [1.165, 1.54) is 24.7 Å². The molecule has 12 heteroatoms. The van der Waals surface area contributed by atoms with Crippen molar-refractivity contribution in [2.45, 2.75) is 32.2 Å². The fourth-order valence-electron chi connectivity index (χ4n) is 5.08. The van der Waals surface area contributed by atoms with Crippen LogP contribution >= 0.6 is 11.8 Å². The number of fused-ring (bicyclic) bond motifs is 1. The third-order valence-corrected chi connectivity index (χ3v) is 8.28. The maximum absolute atomic E-state index is 15.3. The number of piperidine rings is 1. The van der Waals surface area contributed by atoms with Crippen molar-refractivity contribution in [3.63, 3.8) is 0 Å². The normalized spacial score (nSPS) is 16.3. The second kappa shape index (κ2) is 10.8. The lowest BCUT2D eigenvalue weighted by Gasteiger charge is -2.32. The lowest BCUT2D eigenvalue weighted by Crippen LogP contribution is -2.35. The summed E-state index contributed by atoms with van der Waals surface area (Å²) < 4.78 is 32.1. The van der Waals surface area contributed by atoms with Crippen LogP contribution in [0.2, 0.25) is 0 Å². The summed E-state index contributed by atoms with van der Waals surface area (Å²) in [6.45, 7) is 4.19. The van der Waals surface area contributed by atoms with Crippen molar-refractivity contribution in [1.29, 1.82) is 0 Å². The van der Waals surface area contributed by atoms with Gasteiger partial charge in [-0.2, -0.15) is 0 Å². The van der Waals surface area contributed by atoms with Gasteiger partial charge in [-0.15, -0.1) is 11.8 Å². The third-order valence-electron chi connectivity index (χ3n) is 7.31. The monoisotopic (exact) mass is 550 g/mol. The molecule has 202 valence electrons. The summed E-state index contributed by atoms with van der Waals surface area (Å²) in [6.07, 6.45) is 8.95. The summed E-state index contributed by atoms with van der Waals surface area (Å²) in [5.41, 5.74) is 1.93. The first kappa shape index (κ1) is 25.5. The van der Waals surface area contributed by atoms with E-state index >= 15 is 8.78 Å². The van der Waals surface area contributed by atoms with Crippen LogP contribution in [0, 0.1) is 11.6 Å². The number of hydrogen-bond donors (Lipinski definition) is 1. The Morgan fingerprint density at radius 2 is 1.87 bits per heavy atom. The number of thioether (sulfide) groups is 1. The molecule has 2 saturated heterocycles. The lowest BCUT2D eigenvalue weighted by atomic mass is 10.1. The number of carbonyl (C=O) groups excluding carboxylic acids is 1. The van der Waals surface area contributed by atoms with Crippen molar-refractivity contribution >= 4 is 46.2 Å². The molecule has 1 N–H and O–H groups in total. The fraction of sp³-hybridized carbons (Fsp3) is 0.370. The summed E-state index contributed by atoms with van der Waals surface area (Å²) in [6, 6.07) is 4.31. The number of carbonyl (C=O) groups is 1. The molecule has 1 amide bonds. The number of benzene rings is 1. The second-order valence-corrected chi connectivity index (χ2v) is 10.8. The van der Waals surface area contributed by atoms with Crippen LogP contribution in [0.15, 0.2) is 43.1 Å². The van der Waals surface area contributed by atoms with Crippen molar-refractivity contribution in [1.82, 2.24) is 29.4 Å². The molecule has 0 saturated carbocycles. The first-order chi connectivity index (χ1) is 19.0. The maximum atomic E-state index is 15.3. The number of aromatic nitrogens is 5. The fourth-order valence-corrected chi connectivity index (χ4v) is 6.03. The van der Waals surface area contributed by atoms with Gasteiger partial charge in [-0.3, -0.25) is 4.79 Å². The number of rotatable bonds is 6. The predicted molar refractivity (Wildman–Crippen MR) is 147 cm³/mol. The first-order valence-corrected chi connectivity index (χ1v) is 14.2. The van der Waals surface area contributed by atoms with Crippen LogP contribution < -0.4 is 10.2 Å². The zero-order chi connectivity index (χ0) is 26.9. The molecule has 0 unspecified atom stereocenters. The number of aryl methyl sites for hydroxylation is 1. The Labute approximate surface area is 228 Å². The van der Waals surface area contributed by atoms with E-state index < -0.39 is 11.6 Å². The van der Waals surface area contributed by atoms with Crippen LogP contribution in [0.3, 0.4) is 0 Å². The van der Waals surface area contributed by atoms with E-state index in [0.717, 1.165) is 43.7 Å². The van der Waals surface area contributed by atoms with Gasteiger partial charge in [0.1, 0.15) is 23.6 Å². The molecule has 0 radical (unpaired) electrons. The largest absolute Gasteiger partial charge is 0.341 e. The minimum Gasteiger partial charge on any atom is -0.341 e. The molecule has 2 aliphatic rings. The topological polar surface area (TPSA) is 92.1 Å². The van der Waals surface area contributed by atoms with Crippen LogP contribution in [-0.4, -0.2) is 66.6 Å². The molecule has 1 aromatic carbocycles. The number of hydrogen-bond acceptors (Lipinski definition) is 8. The molecule has 0 bridgehead atoms. The van der Waals surface area contributed by atoms with Crippen molar-refractivity contribution < 1.29 is 13.6 Å². The van der Waals surface area contributed by atoms with E-state index in [4.69, 9.17) is 0 Å². The van der Waals surface area contributed by atoms with Gasteiger partial charge in [0.25, 0.3) is 5.91 Å². The van der Waals surface area contributed by atoms with Gasteiger partial charge >= 0.3 is 0 Å². The highest BCUT2D eigenvalue weighted by Crippen LogP contribution is 2.33. The molecule has 0 aliphatic carbocycles. The smallest absolute Gasteiger partial charge is 0.254 e. The molecule has 5 heterocycles. The van der Waals surface area contributed by atoms with Gasteiger partial charge in [-0.1, -0.05) is 6.92 Å². The Hall–Kier alpha value is -3.80. The zero-order valence-corrected chi connectivity index (χ0v) is 22.3. The summed E-state index contributed by atoms with van der Waals surface area (Å²) in [5, 5.41) is 3.11. The SMILES string of the molecule is CCc1cnc(N2CCC(n3cc(F)c4c(Nc5ccc(C(=O)N6CCSC6)cc5F)ncnc43)CC2)nc1. The summed E-state index contributed by atoms with van der Waals surface area (Å²) in [4.78, 5) is 34.0. The predicted octanol–water partition coefficient (Wildman–Crippen LogP) is 4.79. The quantitative estimate of drug-likeness (QED) is 0.366. The van der Waals surface area contributed by atoms with E-state index in [0.29, 0.717) is 24.0 Å². The minimum atomic E-state index is -0.610. The Kier molecular flexibility index (Phi) is 7.03. The van der Waals surface area contributed by atoms with Gasteiger partial charge in [0, 0.05) is 55.6 Å². The minimum absolute atomic E-state index is 0.0386. The van der Waals surface area contributed by atoms with Crippen LogP contribution in [-0.2, 0) is 6.42 Å². The third kappa shape index (κ3) is 5.00. The summed E-state index contributed by atoms with van der Waals surface area (Å²) in [7, 11) is 0. The highest BCUT2D eigenvalue weighted by atomic mass is 32.2. The number of anilines is 3. The van der Waals surface area contributed by atoms with E-state index in [2.05, 4.69) is 37.1 Å². The number of nitrogens with zero attached hydrogens (tertiary/aromatic N) is 7. The highest BCUT2D eigenvalue weighted by molar-refractivity contribution is 7.99. The van der Waals surface area contributed by atoms with E-state index in [1.54, 1.807) is 22.7 Å². The standard InChI is InChI=1S/C27H28F2N8OS/c1-2-17-12-30-27(31-13-17)35-7-5-19(6-8-35)37-14-21(29)23-24(32-15-33-25(23)37)34-22-4-3-18(11-20(22)28)26(38)36-9-10-39-16-36/h3-4,11-15,19H,2,5-10,16H2,1H3,(H,32,33,34). The average Bonchev–Trinajstić information content (AvgIpc) is 3.63. The maximum Gasteiger partial charge on any atom is 0.254 e. The molecule has 39 heavy (non-hydrogen) atoms. The highest BCUT2D eigenvalue weighted by Gasteiger charge is 2.26. The molecule has 4 aromatic rings. The molecule has 6 rings (SSSR count). The first-order valence-electron chi connectivity index (χ1n) is 13.0. The summed E-state index contributed by atoms with van der Waals surface area (Å²) >= 11 is 1.67. The van der Waals surface area contributed by atoms with E-state index in [9.17, 15) is 4.79 Å². The lowest BCUT2D eigenvalue weighted by molar-refractivity contribution is 0.0802. The van der Waals surface area contributed by atoms with Gasteiger partial charge in [-0.05, 0) is 43.0 Å². The molecule has 2 aliphatic heterocycles. The van der Waals surface area contributed by atoms with Crippen molar-refractivity contribution in [3.05, 3.63) is 65.9 Å². The Morgan fingerprint density at radius 1 is 1.08 bits per heavy atom. The van der Waals surface area contributed by atoms with Gasteiger partial charge < -0.3 is 19.7 Å².